The first-order valence-corrected chi connectivity index (χ1v) is 8.72. The van der Waals surface area contributed by atoms with Crippen LogP contribution in [-0.2, 0) is 0 Å². The first-order chi connectivity index (χ1) is 11.8. The van der Waals surface area contributed by atoms with Crippen LogP contribution < -0.4 is 4.90 Å². The minimum Gasteiger partial charge on any atom is -0.353 e. The fourth-order valence-corrected chi connectivity index (χ4v) is 3.64. The van der Waals surface area contributed by atoms with Crippen LogP contribution in [0.25, 0.3) is 11.1 Å². The third kappa shape index (κ3) is 2.78. The predicted octanol–water partition coefficient (Wildman–Crippen LogP) is 2.50. The molecule has 0 saturated carbocycles. The van der Waals surface area contributed by atoms with Gasteiger partial charge in [0.15, 0.2) is 0 Å². The molecule has 1 aliphatic heterocycles. The number of anilines is 1. The van der Waals surface area contributed by atoms with Gasteiger partial charge in [-0.05, 0) is 29.1 Å². The van der Waals surface area contributed by atoms with Crippen molar-refractivity contribution in [2.24, 2.45) is 0 Å². The highest BCUT2D eigenvalue weighted by molar-refractivity contribution is 7.12. The van der Waals surface area contributed by atoms with Crippen LogP contribution >= 0.6 is 11.3 Å². The molecule has 0 aliphatic carbocycles. The van der Waals surface area contributed by atoms with Crippen LogP contribution in [0.4, 0.5) is 5.82 Å². The lowest BCUT2D eigenvalue weighted by molar-refractivity contribution is 0.0751. The molecule has 0 unspecified atom stereocenters. The largest absolute Gasteiger partial charge is 0.353 e. The summed E-state index contributed by atoms with van der Waals surface area (Å²) in [5.74, 6) is 1.13. The Labute approximate surface area is 143 Å². The number of hydrogen-bond donors (Lipinski definition) is 1. The van der Waals surface area contributed by atoms with Gasteiger partial charge in [0.1, 0.15) is 5.82 Å². The standard InChI is InChI=1S/C17H17N5OS/c23-17(15-2-1-11-24-15)22-9-7-21(8-10-22)16-14(12-19-20-16)13-3-5-18-6-4-13/h1-6,11-12H,7-10H2,(H,19,20). The van der Waals surface area contributed by atoms with Crippen molar-refractivity contribution in [2.75, 3.05) is 31.1 Å². The monoisotopic (exact) mass is 339 g/mol. The van der Waals surface area contributed by atoms with E-state index in [1.54, 1.807) is 12.4 Å². The predicted molar refractivity (Wildman–Crippen MR) is 94.3 cm³/mol. The van der Waals surface area contributed by atoms with Crippen LogP contribution in [0.5, 0.6) is 0 Å². The summed E-state index contributed by atoms with van der Waals surface area (Å²) in [6, 6.07) is 7.76. The molecule has 4 rings (SSSR count). The molecule has 4 heterocycles. The Hall–Kier alpha value is -2.67. The molecule has 6 nitrogen and oxygen atoms in total. The summed E-state index contributed by atoms with van der Waals surface area (Å²) in [7, 11) is 0. The summed E-state index contributed by atoms with van der Waals surface area (Å²) in [6.45, 7) is 3.01. The summed E-state index contributed by atoms with van der Waals surface area (Å²) in [5, 5.41) is 9.24. The number of hydrogen-bond acceptors (Lipinski definition) is 5. The molecule has 0 bridgehead atoms. The summed E-state index contributed by atoms with van der Waals surface area (Å²) in [4.78, 5) is 21.5. The van der Waals surface area contributed by atoms with E-state index in [1.165, 1.54) is 11.3 Å². The van der Waals surface area contributed by atoms with E-state index in [2.05, 4.69) is 20.1 Å². The van der Waals surface area contributed by atoms with E-state index >= 15 is 0 Å². The average Bonchev–Trinajstić information content (AvgIpc) is 3.34. The second-order valence-corrected chi connectivity index (χ2v) is 6.57. The molecule has 0 radical (unpaired) electrons. The zero-order valence-corrected chi connectivity index (χ0v) is 13.9. The van der Waals surface area contributed by atoms with Gasteiger partial charge >= 0.3 is 0 Å². The molecule has 7 heteroatoms. The Morgan fingerprint density at radius 1 is 1.12 bits per heavy atom. The Bertz CT molecular complexity index is 807. The number of nitrogens with one attached hydrogen (secondary N) is 1. The number of carbonyl (C=O) groups excluding carboxylic acids is 1. The number of aromatic amines is 1. The van der Waals surface area contributed by atoms with Gasteiger partial charge in [-0.1, -0.05) is 6.07 Å². The quantitative estimate of drug-likeness (QED) is 0.796. The summed E-state index contributed by atoms with van der Waals surface area (Å²) in [6.07, 6.45) is 5.40. The molecule has 1 aliphatic rings. The summed E-state index contributed by atoms with van der Waals surface area (Å²) >= 11 is 1.50. The van der Waals surface area contributed by atoms with Crippen LogP contribution in [0.1, 0.15) is 9.67 Å². The molecule has 3 aromatic rings. The number of H-pyrrole nitrogens is 1. The van der Waals surface area contributed by atoms with Gasteiger partial charge in [0.2, 0.25) is 0 Å². The highest BCUT2D eigenvalue weighted by Gasteiger charge is 2.25. The van der Waals surface area contributed by atoms with E-state index in [9.17, 15) is 4.79 Å². The van der Waals surface area contributed by atoms with E-state index in [4.69, 9.17) is 0 Å². The van der Waals surface area contributed by atoms with Gasteiger partial charge in [0.05, 0.1) is 11.1 Å². The Morgan fingerprint density at radius 3 is 2.62 bits per heavy atom. The summed E-state index contributed by atoms with van der Waals surface area (Å²) in [5.41, 5.74) is 2.15. The second-order valence-electron chi connectivity index (χ2n) is 5.62. The number of thiophene rings is 1. The van der Waals surface area contributed by atoms with E-state index in [1.807, 2.05) is 40.7 Å². The Balaban J connectivity index is 1.47. The Kier molecular flexibility index (Phi) is 4.00. The zero-order chi connectivity index (χ0) is 16.4. The summed E-state index contributed by atoms with van der Waals surface area (Å²) < 4.78 is 0. The van der Waals surface area contributed by atoms with Crippen molar-refractivity contribution in [2.45, 2.75) is 0 Å². The van der Waals surface area contributed by atoms with E-state index < -0.39 is 0 Å². The molecule has 24 heavy (non-hydrogen) atoms. The molecule has 0 atom stereocenters. The van der Waals surface area contributed by atoms with Gasteiger partial charge in [-0.15, -0.1) is 11.3 Å². The number of pyridine rings is 1. The average molecular weight is 339 g/mol. The van der Waals surface area contributed by atoms with Gasteiger partial charge in [0.25, 0.3) is 5.91 Å². The van der Waals surface area contributed by atoms with Crippen LogP contribution in [-0.4, -0.2) is 52.2 Å². The van der Waals surface area contributed by atoms with Gasteiger partial charge < -0.3 is 9.80 Å². The topological polar surface area (TPSA) is 65.1 Å². The number of amides is 1. The molecule has 0 spiro atoms. The number of rotatable bonds is 3. The highest BCUT2D eigenvalue weighted by atomic mass is 32.1. The van der Waals surface area contributed by atoms with Gasteiger partial charge in [-0.3, -0.25) is 14.9 Å². The molecule has 1 fully saturated rings. The van der Waals surface area contributed by atoms with E-state index in [0.717, 1.165) is 34.9 Å². The second kappa shape index (κ2) is 6.45. The number of piperazine rings is 1. The van der Waals surface area contributed by atoms with Crippen molar-refractivity contribution in [3.63, 3.8) is 0 Å². The van der Waals surface area contributed by atoms with Crippen molar-refractivity contribution in [1.82, 2.24) is 20.1 Å². The van der Waals surface area contributed by atoms with Crippen LogP contribution in [0.15, 0.2) is 48.2 Å². The first kappa shape index (κ1) is 14.9. The fourth-order valence-electron chi connectivity index (χ4n) is 2.95. The van der Waals surface area contributed by atoms with Crippen LogP contribution in [0.2, 0.25) is 0 Å². The smallest absolute Gasteiger partial charge is 0.264 e. The number of nitrogens with zero attached hydrogens (tertiary/aromatic N) is 4. The minimum atomic E-state index is 0.128. The van der Waals surface area contributed by atoms with Gasteiger partial charge in [-0.2, -0.15) is 5.10 Å². The number of aromatic nitrogens is 3. The van der Waals surface area contributed by atoms with Crippen LogP contribution in [0, 0.1) is 0 Å². The number of carbonyl (C=O) groups is 1. The third-order valence-electron chi connectivity index (χ3n) is 4.23. The molecular weight excluding hydrogens is 322 g/mol. The van der Waals surface area contributed by atoms with Crippen molar-refractivity contribution < 1.29 is 4.79 Å². The minimum absolute atomic E-state index is 0.128. The SMILES string of the molecule is O=C(c1cccs1)N1CCN(c2[nH]ncc2-c2ccncc2)CC1. The molecular formula is C17H17N5OS. The highest BCUT2D eigenvalue weighted by Crippen LogP contribution is 2.29. The van der Waals surface area contributed by atoms with Crippen molar-refractivity contribution in [3.8, 4) is 11.1 Å². The van der Waals surface area contributed by atoms with Gasteiger partial charge in [-0.25, -0.2) is 0 Å². The molecule has 0 aromatic carbocycles. The molecule has 1 saturated heterocycles. The molecule has 3 aromatic heterocycles. The van der Waals surface area contributed by atoms with Crippen molar-refractivity contribution in [1.29, 1.82) is 0 Å². The lowest BCUT2D eigenvalue weighted by atomic mass is 10.1. The van der Waals surface area contributed by atoms with E-state index in [0.29, 0.717) is 13.1 Å². The lowest BCUT2D eigenvalue weighted by Crippen LogP contribution is -2.48. The van der Waals surface area contributed by atoms with Crippen molar-refractivity contribution >= 4 is 23.1 Å². The van der Waals surface area contributed by atoms with E-state index in [-0.39, 0.29) is 5.91 Å². The zero-order valence-electron chi connectivity index (χ0n) is 13.1. The lowest BCUT2D eigenvalue weighted by Gasteiger charge is -2.35. The maximum Gasteiger partial charge on any atom is 0.264 e. The Morgan fingerprint density at radius 2 is 1.92 bits per heavy atom. The normalized spacial score (nSPS) is 14.8. The molecule has 1 N–H and O–H groups in total. The van der Waals surface area contributed by atoms with Gasteiger partial charge in [0, 0.05) is 44.1 Å². The first-order valence-electron chi connectivity index (χ1n) is 7.84. The maximum absolute atomic E-state index is 12.4. The molecule has 1 amide bonds. The van der Waals surface area contributed by atoms with Crippen molar-refractivity contribution in [3.05, 3.63) is 53.1 Å². The van der Waals surface area contributed by atoms with Crippen LogP contribution in [0.3, 0.4) is 0 Å². The third-order valence-corrected chi connectivity index (χ3v) is 5.08. The fraction of sp³-hybridized carbons (Fsp3) is 0.235. The molecule has 122 valence electrons. The maximum atomic E-state index is 12.4.